The van der Waals surface area contributed by atoms with Crippen LogP contribution in [0.15, 0.2) is 10.5 Å². The number of aliphatic hydroxyl groups is 1. The Morgan fingerprint density at radius 3 is 2.71 bits per heavy atom. The van der Waals surface area contributed by atoms with Crippen LogP contribution < -0.4 is 4.74 Å². The maximum Gasteiger partial charge on any atom is 0.284 e. The maximum absolute atomic E-state index is 12.5. The molecule has 0 unspecified atom stereocenters. The lowest BCUT2D eigenvalue weighted by Crippen LogP contribution is -2.01. The fourth-order valence-corrected chi connectivity index (χ4v) is 1.63. The van der Waals surface area contributed by atoms with Crippen molar-refractivity contribution >= 4 is 15.9 Å². The lowest BCUT2D eigenvalue weighted by molar-refractivity contribution is 0.140. The number of hydrogen-bond donors (Lipinski definition) is 1. The van der Waals surface area contributed by atoms with E-state index in [9.17, 15) is 8.78 Å². The minimum Gasteiger partial charge on any atom is -0.493 e. The molecule has 0 aliphatic heterocycles. The molecule has 14 heavy (non-hydrogen) atoms. The van der Waals surface area contributed by atoms with E-state index >= 15 is 0 Å². The highest BCUT2D eigenvalue weighted by atomic mass is 79.9. The first-order valence-electron chi connectivity index (χ1n) is 3.72. The fraction of sp³-hybridized carbons (Fsp3) is 0.375. The average Bonchev–Trinajstić information content (AvgIpc) is 2.16. The molecule has 0 bridgehead atoms. The van der Waals surface area contributed by atoms with Crippen molar-refractivity contribution in [2.24, 2.45) is 0 Å². The zero-order valence-corrected chi connectivity index (χ0v) is 8.88. The third kappa shape index (κ3) is 2.19. The average molecular weight is 268 g/mol. The highest BCUT2D eigenvalue weighted by molar-refractivity contribution is 9.10. The zero-order chi connectivity index (χ0) is 10.7. The topological polar surface area (TPSA) is 42.4 Å². The Labute approximate surface area is 87.9 Å². The highest BCUT2D eigenvalue weighted by Gasteiger charge is 2.19. The number of alkyl halides is 2. The van der Waals surface area contributed by atoms with E-state index in [0.29, 0.717) is 4.47 Å². The summed E-state index contributed by atoms with van der Waals surface area (Å²) in [6.45, 7) is -0.387. The van der Waals surface area contributed by atoms with Crippen LogP contribution in [0, 0.1) is 0 Å². The van der Waals surface area contributed by atoms with Crippen LogP contribution in [0.4, 0.5) is 8.78 Å². The van der Waals surface area contributed by atoms with Gasteiger partial charge in [0.15, 0.2) is 5.75 Å². The molecule has 0 fully saturated rings. The first-order valence-corrected chi connectivity index (χ1v) is 4.51. The lowest BCUT2D eigenvalue weighted by Gasteiger charge is -2.10. The second kappa shape index (κ2) is 4.65. The number of nitrogens with zero attached hydrogens (tertiary/aromatic N) is 1. The predicted molar refractivity (Wildman–Crippen MR) is 49.4 cm³/mol. The summed E-state index contributed by atoms with van der Waals surface area (Å²) in [6.07, 6.45) is -2.73. The molecule has 78 valence electrons. The molecule has 0 amide bonds. The number of aromatic nitrogens is 1. The first kappa shape index (κ1) is 11.3. The van der Waals surface area contributed by atoms with Gasteiger partial charge in [0.1, 0.15) is 5.69 Å². The number of ether oxygens (including phenoxy) is 1. The summed E-state index contributed by atoms with van der Waals surface area (Å²) < 4.78 is 30.1. The van der Waals surface area contributed by atoms with Crippen LogP contribution >= 0.6 is 15.9 Å². The summed E-state index contributed by atoms with van der Waals surface area (Å²) in [4.78, 5) is 3.57. The van der Waals surface area contributed by atoms with E-state index in [-0.39, 0.29) is 18.1 Å². The van der Waals surface area contributed by atoms with E-state index in [4.69, 9.17) is 9.84 Å². The molecule has 0 saturated heterocycles. The molecule has 6 heteroatoms. The smallest absolute Gasteiger partial charge is 0.284 e. The van der Waals surface area contributed by atoms with Gasteiger partial charge in [0, 0.05) is 0 Å². The number of rotatable bonds is 3. The molecule has 0 aliphatic rings. The first-order chi connectivity index (χ1) is 6.60. The second-order valence-electron chi connectivity index (χ2n) is 2.47. The van der Waals surface area contributed by atoms with Gasteiger partial charge in [-0.1, -0.05) is 0 Å². The van der Waals surface area contributed by atoms with E-state index in [1.54, 1.807) is 0 Å². The van der Waals surface area contributed by atoms with Crippen LogP contribution in [0.5, 0.6) is 5.75 Å². The van der Waals surface area contributed by atoms with E-state index in [1.165, 1.54) is 13.2 Å². The molecule has 0 spiro atoms. The van der Waals surface area contributed by atoms with Crippen molar-refractivity contribution in [3.05, 3.63) is 21.9 Å². The second-order valence-corrected chi connectivity index (χ2v) is 3.33. The fourth-order valence-electron chi connectivity index (χ4n) is 1.00. The van der Waals surface area contributed by atoms with E-state index in [1.807, 2.05) is 0 Å². The van der Waals surface area contributed by atoms with Crippen molar-refractivity contribution in [3.8, 4) is 5.75 Å². The number of aliphatic hydroxyl groups excluding tert-OH is 1. The monoisotopic (exact) mass is 267 g/mol. The van der Waals surface area contributed by atoms with Gasteiger partial charge >= 0.3 is 0 Å². The Morgan fingerprint density at radius 2 is 2.29 bits per heavy atom. The molecular weight excluding hydrogens is 260 g/mol. The maximum atomic E-state index is 12.5. The van der Waals surface area contributed by atoms with Crippen LogP contribution in [0.2, 0.25) is 0 Å². The molecule has 0 radical (unpaired) electrons. The van der Waals surface area contributed by atoms with Gasteiger partial charge in [-0.25, -0.2) is 13.8 Å². The van der Waals surface area contributed by atoms with Crippen LogP contribution in [0.1, 0.15) is 17.8 Å². The molecule has 1 aromatic heterocycles. The van der Waals surface area contributed by atoms with Crippen molar-refractivity contribution in [2.45, 2.75) is 13.0 Å². The highest BCUT2D eigenvalue weighted by Crippen LogP contribution is 2.34. The van der Waals surface area contributed by atoms with Crippen molar-refractivity contribution in [1.82, 2.24) is 4.98 Å². The Hall–Kier alpha value is -0.750. The summed E-state index contributed by atoms with van der Waals surface area (Å²) in [5.41, 5.74) is -0.293. The van der Waals surface area contributed by atoms with E-state index in [2.05, 4.69) is 20.9 Å². The van der Waals surface area contributed by atoms with Crippen LogP contribution in [0.25, 0.3) is 0 Å². The minimum absolute atomic E-state index is 0.00259. The van der Waals surface area contributed by atoms with Crippen LogP contribution in [-0.2, 0) is 6.61 Å². The SMILES string of the molecule is COc1c(Br)cc(CO)nc1C(F)F. The van der Waals surface area contributed by atoms with Crippen LogP contribution in [-0.4, -0.2) is 17.2 Å². The molecule has 1 rings (SSSR count). The Balaban J connectivity index is 3.28. The summed E-state index contributed by atoms with van der Waals surface area (Å²) in [5, 5.41) is 8.76. The zero-order valence-electron chi connectivity index (χ0n) is 7.30. The summed E-state index contributed by atoms with van der Waals surface area (Å²) in [5.74, 6) is -0.00259. The molecule has 1 heterocycles. The molecule has 0 saturated carbocycles. The molecule has 1 aromatic rings. The predicted octanol–water partition coefficient (Wildman–Crippen LogP) is 2.28. The lowest BCUT2D eigenvalue weighted by atomic mass is 10.3. The van der Waals surface area contributed by atoms with E-state index < -0.39 is 12.1 Å². The molecular formula is C8H8BrF2NO2. The van der Waals surface area contributed by atoms with Gasteiger partial charge in [-0.3, -0.25) is 0 Å². The van der Waals surface area contributed by atoms with Gasteiger partial charge in [-0.15, -0.1) is 0 Å². The largest absolute Gasteiger partial charge is 0.493 e. The van der Waals surface area contributed by atoms with Crippen LogP contribution in [0.3, 0.4) is 0 Å². The number of halogens is 3. The van der Waals surface area contributed by atoms with Crippen molar-refractivity contribution in [1.29, 1.82) is 0 Å². The van der Waals surface area contributed by atoms with Crippen molar-refractivity contribution in [3.63, 3.8) is 0 Å². The number of hydrogen-bond acceptors (Lipinski definition) is 3. The van der Waals surface area contributed by atoms with Gasteiger partial charge in [0.25, 0.3) is 6.43 Å². The Bertz CT molecular complexity index is 333. The Kier molecular flexibility index (Phi) is 3.77. The molecule has 1 N–H and O–H groups in total. The number of pyridine rings is 1. The van der Waals surface area contributed by atoms with Gasteiger partial charge in [0.2, 0.25) is 0 Å². The van der Waals surface area contributed by atoms with Gasteiger partial charge in [0.05, 0.1) is 23.9 Å². The van der Waals surface area contributed by atoms with Gasteiger partial charge in [-0.05, 0) is 22.0 Å². The third-order valence-corrected chi connectivity index (χ3v) is 2.17. The van der Waals surface area contributed by atoms with Crippen molar-refractivity contribution < 1.29 is 18.6 Å². The Morgan fingerprint density at radius 1 is 1.64 bits per heavy atom. The minimum atomic E-state index is -2.73. The van der Waals surface area contributed by atoms with Crippen molar-refractivity contribution in [2.75, 3.05) is 7.11 Å². The third-order valence-electron chi connectivity index (χ3n) is 1.58. The standard InChI is InChI=1S/C8H8BrF2NO2/c1-14-7-5(9)2-4(3-13)12-6(7)8(10)11/h2,8,13H,3H2,1H3. The summed E-state index contributed by atoms with van der Waals surface area (Å²) in [7, 11) is 1.28. The van der Waals surface area contributed by atoms with Gasteiger partial charge < -0.3 is 9.84 Å². The molecule has 0 atom stereocenters. The van der Waals surface area contributed by atoms with Gasteiger partial charge in [-0.2, -0.15) is 0 Å². The summed E-state index contributed by atoms with van der Waals surface area (Å²) in [6, 6.07) is 1.44. The summed E-state index contributed by atoms with van der Waals surface area (Å²) >= 11 is 3.06. The molecule has 0 aromatic carbocycles. The molecule has 3 nitrogen and oxygen atoms in total. The van der Waals surface area contributed by atoms with E-state index in [0.717, 1.165) is 0 Å². The quantitative estimate of drug-likeness (QED) is 0.914. The normalized spacial score (nSPS) is 10.7. The number of methoxy groups -OCH3 is 1. The molecule has 0 aliphatic carbocycles.